The molecule has 1 amide bonds. The number of carbonyl (C=O) groups excluding carboxylic acids is 1. The van der Waals surface area contributed by atoms with Gasteiger partial charge in [-0.1, -0.05) is 6.07 Å². The van der Waals surface area contributed by atoms with Crippen LogP contribution in [0.25, 0.3) is 0 Å². The first-order chi connectivity index (χ1) is 9.48. The molecule has 6 nitrogen and oxygen atoms in total. The van der Waals surface area contributed by atoms with Gasteiger partial charge in [-0.25, -0.2) is 8.42 Å². The van der Waals surface area contributed by atoms with Crippen LogP contribution in [0.15, 0.2) is 18.2 Å². The van der Waals surface area contributed by atoms with Crippen LogP contribution in [0.3, 0.4) is 0 Å². The molecule has 0 radical (unpaired) electrons. The van der Waals surface area contributed by atoms with E-state index in [2.05, 4.69) is 0 Å². The van der Waals surface area contributed by atoms with Crippen LogP contribution in [0.2, 0.25) is 0 Å². The van der Waals surface area contributed by atoms with Crippen molar-refractivity contribution < 1.29 is 22.7 Å². The van der Waals surface area contributed by atoms with Crippen LogP contribution in [-0.4, -0.2) is 50.6 Å². The smallest absolute Gasteiger partial charge is 0.257 e. The van der Waals surface area contributed by atoms with Crippen molar-refractivity contribution in [2.24, 2.45) is 0 Å². The molecule has 108 valence electrons. The lowest BCUT2D eigenvalue weighted by Gasteiger charge is -2.23. The summed E-state index contributed by atoms with van der Waals surface area (Å²) in [6, 6.07) is 4.85. The Bertz CT molecular complexity index is 655. The van der Waals surface area contributed by atoms with Gasteiger partial charge >= 0.3 is 0 Å². The summed E-state index contributed by atoms with van der Waals surface area (Å²) in [5, 5.41) is 0. The van der Waals surface area contributed by atoms with E-state index in [4.69, 9.17) is 9.47 Å². The lowest BCUT2D eigenvalue weighted by Crippen LogP contribution is -2.37. The number of ether oxygens (including phenoxy) is 2. The second kappa shape index (κ2) is 4.66. The SMILES string of the molecule is CN(C(=O)c1cccc2c1OCO2)C1CCS(=O)(=O)C1. The molecular weight excluding hydrogens is 282 g/mol. The topological polar surface area (TPSA) is 72.9 Å². The Morgan fingerprint density at radius 1 is 1.35 bits per heavy atom. The number of sulfone groups is 1. The minimum Gasteiger partial charge on any atom is -0.454 e. The van der Waals surface area contributed by atoms with E-state index in [0.29, 0.717) is 23.5 Å². The summed E-state index contributed by atoms with van der Waals surface area (Å²) in [7, 11) is -1.39. The minimum absolute atomic E-state index is 0.0294. The third kappa shape index (κ3) is 2.22. The fourth-order valence-corrected chi connectivity index (χ4v) is 4.31. The van der Waals surface area contributed by atoms with Crippen LogP contribution in [0.1, 0.15) is 16.8 Å². The van der Waals surface area contributed by atoms with Crippen molar-refractivity contribution in [2.75, 3.05) is 25.3 Å². The van der Waals surface area contributed by atoms with E-state index in [1.54, 1.807) is 25.2 Å². The Hall–Kier alpha value is -1.76. The standard InChI is InChI=1S/C13H15NO5S/c1-14(9-5-6-20(16,17)7-9)13(15)10-3-2-4-11-12(10)19-8-18-11/h2-4,9H,5-8H2,1H3. The molecule has 0 saturated carbocycles. The average Bonchev–Trinajstić information content (AvgIpc) is 3.02. The predicted octanol–water partition coefficient (Wildman–Crippen LogP) is 0.674. The second-order valence-electron chi connectivity index (χ2n) is 5.01. The van der Waals surface area contributed by atoms with Crippen molar-refractivity contribution in [1.82, 2.24) is 4.90 Å². The van der Waals surface area contributed by atoms with Crippen LogP contribution >= 0.6 is 0 Å². The highest BCUT2D eigenvalue weighted by molar-refractivity contribution is 7.91. The van der Waals surface area contributed by atoms with Crippen molar-refractivity contribution in [3.8, 4) is 11.5 Å². The first-order valence-electron chi connectivity index (χ1n) is 6.34. The Kier molecular flexibility index (Phi) is 3.08. The van der Waals surface area contributed by atoms with Gasteiger partial charge in [-0.15, -0.1) is 0 Å². The largest absolute Gasteiger partial charge is 0.454 e. The van der Waals surface area contributed by atoms with Gasteiger partial charge in [0.1, 0.15) is 0 Å². The maximum Gasteiger partial charge on any atom is 0.257 e. The van der Waals surface area contributed by atoms with Gasteiger partial charge in [0.25, 0.3) is 5.91 Å². The number of para-hydroxylation sites is 1. The monoisotopic (exact) mass is 297 g/mol. The van der Waals surface area contributed by atoms with Crippen molar-refractivity contribution in [3.05, 3.63) is 23.8 Å². The summed E-state index contributed by atoms with van der Waals surface area (Å²) in [5.41, 5.74) is 0.409. The van der Waals surface area contributed by atoms with E-state index in [1.165, 1.54) is 4.90 Å². The zero-order valence-electron chi connectivity index (χ0n) is 11.0. The molecule has 0 bridgehead atoms. The van der Waals surface area contributed by atoms with E-state index in [-0.39, 0.29) is 30.2 Å². The third-order valence-corrected chi connectivity index (χ3v) is 5.45. The molecule has 0 aromatic heterocycles. The van der Waals surface area contributed by atoms with Crippen LogP contribution in [0, 0.1) is 0 Å². The molecule has 3 rings (SSSR count). The molecule has 1 saturated heterocycles. The number of amides is 1. The number of benzene rings is 1. The van der Waals surface area contributed by atoms with Gasteiger partial charge in [0, 0.05) is 13.1 Å². The molecule has 2 aliphatic heterocycles. The van der Waals surface area contributed by atoms with Gasteiger partial charge in [0.2, 0.25) is 6.79 Å². The summed E-state index contributed by atoms with van der Waals surface area (Å²) in [6.45, 7) is 0.0984. The van der Waals surface area contributed by atoms with Crippen LogP contribution in [0.4, 0.5) is 0 Å². The Labute approximate surface area is 117 Å². The molecular formula is C13H15NO5S. The van der Waals surface area contributed by atoms with Crippen molar-refractivity contribution >= 4 is 15.7 Å². The molecule has 2 aliphatic rings. The molecule has 0 aliphatic carbocycles. The lowest BCUT2D eigenvalue weighted by molar-refractivity contribution is 0.0743. The molecule has 1 atom stereocenters. The normalized spacial score (nSPS) is 22.8. The van der Waals surface area contributed by atoms with E-state index < -0.39 is 9.84 Å². The van der Waals surface area contributed by atoms with Gasteiger partial charge in [-0.05, 0) is 18.6 Å². The number of rotatable bonds is 2. The summed E-state index contributed by atoms with van der Waals surface area (Å²) >= 11 is 0. The van der Waals surface area contributed by atoms with E-state index in [9.17, 15) is 13.2 Å². The third-order valence-electron chi connectivity index (χ3n) is 3.70. The first kappa shape index (κ1) is 13.2. The Morgan fingerprint density at radius 3 is 2.85 bits per heavy atom. The number of hydrogen-bond acceptors (Lipinski definition) is 5. The molecule has 1 fully saturated rings. The van der Waals surface area contributed by atoms with Gasteiger partial charge in [-0.3, -0.25) is 4.79 Å². The van der Waals surface area contributed by atoms with Gasteiger partial charge < -0.3 is 14.4 Å². The van der Waals surface area contributed by atoms with E-state index in [1.807, 2.05) is 0 Å². The summed E-state index contributed by atoms with van der Waals surface area (Å²) < 4.78 is 33.6. The Balaban J connectivity index is 1.85. The maximum atomic E-state index is 12.5. The van der Waals surface area contributed by atoms with Crippen LogP contribution in [-0.2, 0) is 9.84 Å². The Morgan fingerprint density at radius 2 is 2.15 bits per heavy atom. The summed E-state index contributed by atoms with van der Waals surface area (Å²) in [6.07, 6.45) is 0.483. The number of nitrogens with zero attached hydrogens (tertiary/aromatic N) is 1. The molecule has 0 N–H and O–H groups in total. The number of fused-ring (bicyclic) bond motifs is 1. The van der Waals surface area contributed by atoms with Crippen molar-refractivity contribution in [2.45, 2.75) is 12.5 Å². The van der Waals surface area contributed by atoms with Crippen molar-refractivity contribution in [1.29, 1.82) is 0 Å². The zero-order chi connectivity index (χ0) is 14.3. The highest BCUT2D eigenvalue weighted by atomic mass is 32.2. The quantitative estimate of drug-likeness (QED) is 0.802. The highest BCUT2D eigenvalue weighted by Crippen LogP contribution is 2.36. The zero-order valence-corrected chi connectivity index (χ0v) is 11.9. The predicted molar refractivity (Wildman–Crippen MR) is 71.7 cm³/mol. The minimum atomic E-state index is -3.02. The molecule has 2 heterocycles. The van der Waals surface area contributed by atoms with Gasteiger partial charge in [0.15, 0.2) is 21.3 Å². The lowest BCUT2D eigenvalue weighted by atomic mass is 10.1. The maximum absolute atomic E-state index is 12.5. The van der Waals surface area contributed by atoms with E-state index in [0.717, 1.165) is 0 Å². The molecule has 1 unspecified atom stereocenters. The van der Waals surface area contributed by atoms with Gasteiger partial charge in [-0.2, -0.15) is 0 Å². The molecule has 7 heteroatoms. The van der Waals surface area contributed by atoms with Gasteiger partial charge in [0.05, 0.1) is 17.1 Å². The highest BCUT2D eigenvalue weighted by Gasteiger charge is 2.34. The van der Waals surface area contributed by atoms with Crippen LogP contribution in [0.5, 0.6) is 11.5 Å². The first-order valence-corrected chi connectivity index (χ1v) is 8.16. The van der Waals surface area contributed by atoms with Crippen LogP contribution < -0.4 is 9.47 Å². The molecule has 0 spiro atoms. The van der Waals surface area contributed by atoms with E-state index >= 15 is 0 Å². The molecule has 20 heavy (non-hydrogen) atoms. The second-order valence-corrected chi connectivity index (χ2v) is 7.24. The number of hydrogen-bond donors (Lipinski definition) is 0. The fourth-order valence-electron chi connectivity index (χ4n) is 2.54. The fraction of sp³-hybridized carbons (Fsp3) is 0.462. The van der Waals surface area contributed by atoms with Crippen molar-refractivity contribution in [3.63, 3.8) is 0 Å². The summed E-state index contributed by atoms with van der Waals surface area (Å²) in [4.78, 5) is 14.0. The summed E-state index contributed by atoms with van der Waals surface area (Å²) in [5.74, 6) is 0.909. The molecule has 1 aromatic carbocycles. The number of carbonyl (C=O) groups is 1. The molecule has 1 aromatic rings. The average molecular weight is 297 g/mol.